The van der Waals surface area contributed by atoms with E-state index in [4.69, 9.17) is 4.74 Å². The maximum Gasteiger partial charge on any atom is 0.212 e. The Balaban J connectivity index is 0.00000161. The maximum absolute atomic E-state index is 5.46. The van der Waals surface area contributed by atoms with Gasteiger partial charge in [-0.15, -0.1) is 10.2 Å². The molecule has 0 saturated heterocycles. The third-order valence-electron chi connectivity index (χ3n) is 3.05. The monoisotopic (exact) mass is 367 g/mol. The molecule has 0 aliphatic carbocycles. The number of fused-ring (bicyclic) bond motifs is 1. The van der Waals surface area contributed by atoms with Crippen molar-refractivity contribution >= 4 is 17.5 Å². The average molecular weight is 368 g/mol. The molecule has 1 aliphatic heterocycles. The van der Waals surface area contributed by atoms with Crippen molar-refractivity contribution in [2.75, 3.05) is 12.4 Å². The van der Waals surface area contributed by atoms with Crippen molar-refractivity contribution in [3.8, 4) is 5.75 Å². The predicted molar refractivity (Wildman–Crippen MR) is 79.7 cm³/mol. The van der Waals surface area contributed by atoms with Crippen molar-refractivity contribution in [3.63, 3.8) is 0 Å². The third kappa shape index (κ3) is 3.29. The maximum atomic E-state index is 5.46. The van der Waals surface area contributed by atoms with Gasteiger partial charge in [-0.3, -0.25) is 0 Å². The molecule has 2 aromatic rings. The van der Waals surface area contributed by atoms with Crippen molar-refractivity contribution < 1.29 is 21.7 Å². The summed E-state index contributed by atoms with van der Waals surface area (Å²) in [5, 5.41) is 13.8. The van der Waals surface area contributed by atoms with Crippen molar-refractivity contribution in [2.24, 2.45) is 5.10 Å². The number of thioether (sulfide) groups is 1. The van der Waals surface area contributed by atoms with Gasteiger partial charge in [0.1, 0.15) is 5.75 Å². The topological polar surface area (TPSA) is 52.3 Å². The van der Waals surface area contributed by atoms with Gasteiger partial charge in [0.15, 0.2) is 5.82 Å². The van der Waals surface area contributed by atoms with Gasteiger partial charge in [-0.1, -0.05) is 18.7 Å². The van der Waals surface area contributed by atoms with E-state index in [9.17, 15) is 0 Å². The van der Waals surface area contributed by atoms with E-state index in [1.54, 1.807) is 11.8 Å². The number of ether oxygens (including phenoxy) is 1. The molecule has 0 fully saturated rings. The lowest BCUT2D eigenvalue weighted by Crippen LogP contribution is -3.00. The Hall–Kier alpha value is -1.34. The van der Waals surface area contributed by atoms with E-state index in [1.807, 2.05) is 35.9 Å². The van der Waals surface area contributed by atoms with Crippen LogP contribution in [-0.4, -0.2) is 32.9 Å². The van der Waals surface area contributed by atoms with Crippen LogP contribution in [0.25, 0.3) is 0 Å². The molecule has 0 atom stereocenters. The first-order chi connectivity index (χ1) is 9.81. The summed E-state index contributed by atoms with van der Waals surface area (Å²) in [6, 6.07) is 8.06. The lowest BCUT2D eigenvalue weighted by atomic mass is 10.1. The Morgan fingerprint density at radius 2 is 1.95 bits per heavy atom. The molecule has 0 N–H and O–H groups in total. The van der Waals surface area contributed by atoms with Crippen LogP contribution in [0.3, 0.4) is 0 Å². The molecule has 0 bridgehead atoms. The van der Waals surface area contributed by atoms with Crippen LogP contribution in [0.1, 0.15) is 25.2 Å². The molecule has 1 aliphatic rings. The Morgan fingerprint density at radius 3 is 2.62 bits per heavy atom. The van der Waals surface area contributed by atoms with Gasteiger partial charge in [0.25, 0.3) is 0 Å². The number of rotatable bonds is 4. The molecule has 0 saturated carbocycles. The van der Waals surface area contributed by atoms with Crippen LogP contribution in [0.4, 0.5) is 0 Å². The Kier molecular flexibility index (Phi) is 5.41. The number of hydrogen-bond donors (Lipinski definition) is 0. The number of halogens is 1. The van der Waals surface area contributed by atoms with Gasteiger partial charge >= 0.3 is 0 Å². The van der Waals surface area contributed by atoms with E-state index >= 15 is 0 Å². The first kappa shape index (κ1) is 16.0. The van der Waals surface area contributed by atoms with Crippen LogP contribution in [0, 0.1) is 0 Å². The molecule has 0 radical (unpaired) electrons. The quantitative estimate of drug-likeness (QED) is 0.737. The molecule has 1 aromatic heterocycles. The van der Waals surface area contributed by atoms with Gasteiger partial charge in [0.05, 0.1) is 12.3 Å². The van der Waals surface area contributed by atoms with Gasteiger partial charge in [-0.25, -0.2) is 0 Å². The Bertz CT molecular complexity index is 639. The highest BCUT2D eigenvalue weighted by atomic mass is 79.9. The SMILES string of the molecule is CCOc1ccc(C2=Nn3c(CC)nnc3SC2)cc1.[Br-]. The summed E-state index contributed by atoms with van der Waals surface area (Å²) in [7, 11) is 0. The van der Waals surface area contributed by atoms with E-state index < -0.39 is 0 Å². The summed E-state index contributed by atoms with van der Waals surface area (Å²) in [6.07, 6.45) is 0.827. The zero-order valence-corrected chi connectivity index (χ0v) is 14.3. The van der Waals surface area contributed by atoms with Crippen LogP contribution in [-0.2, 0) is 6.42 Å². The molecule has 2 heterocycles. The summed E-state index contributed by atoms with van der Waals surface area (Å²) in [5.41, 5.74) is 2.16. The second-order valence-corrected chi connectivity index (χ2v) is 5.30. The second kappa shape index (κ2) is 7.09. The average Bonchev–Trinajstić information content (AvgIpc) is 2.90. The molecule has 1 aromatic carbocycles. The van der Waals surface area contributed by atoms with E-state index in [0.29, 0.717) is 6.61 Å². The number of aromatic nitrogens is 3. The second-order valence-electron chi connectivity index (χ2n) is 4.36. The lowest BCUT2D eigenvalue weighted by molar-refractivity contribution is -0.00000479. The normalized spacial score (nSPS) is 13.1. The van der Waals surface area contributed by atoms with E-state index in [-0.39, 0.29) is 17.0 Å². The van der Waals surface area contributed by atoms with Gasteiger partial charge in [0.2, 0.25) is 5.16 Å². The fourth-order valence-corrected chi connectivity index (χ4v) is 2.90. The number of nitrogens with zero attached hydrogens (tertiary/aromatic N) is 4. The molecule has 0 amide bonds. The molecule has 3 rings (SSSR count). The highest BCUT2D eigenvalue weighted by Gasteiger charge is 2.18. The minimum Gasteiger partial charge on any atom is -1.00 e. The van der Waals surface area contributed by atoms with Gasteiger partial charge < -0.3 is 21.7 Å². The Morgan fingerprint density at radius 1 is 1.19 bits per heavy atom. The summed E-state index contributed by atoms with van der Waals surface area (Å²) < 4.78 is 7.31. The van der Waals surface area contributed by atoms with Crippen LogP contribution in [0.15, 0.2) is 34.5 Å². The summed E-state index contributed by atoms with van der Waals surface area (Å²) in [4.78, 5) is 0. The van der Waals surface area contributed by atoms with Gasteiger partial charge in [0, 0.05) is 12.2 Å². The molecule has 21 heavy (non-hydrogen) atoms. The van der Waals surface area contributed by atoms with Crippen LogP contribution >= 0.6 is 11.8 Å². The van der Waals surface area contributed by atoms with Gasteiger partial charge in [-0.05, 0) is 36.8 Å². The van der Waals surface area contributed by atoms with E-state index in [2.05, 4.69) is 22.2 Å². The number of aryl methyl sites for hydroxylation is 1. The van der Waals surface area contributed by atoms with Crippen LogP contribution in [0.5, 0.6) is 5.75 Å². The largest absolute Gasteiger partial charge is 1.00 e. The molecular formula is C14H16BrN4OS-. The van der Waals surface area contributed by atoms with E-state index in [1.165, 1.54) is 0 Å². The smallest absolute Gasteiger partial charge is 0.212 e. The predicted octanol–water partition coefficient (Wildman–Crippen LogP) is -0.399. The zero-order valence-electron chi connectivity index (χ0n) is 11.9. The Labute approximate surface area is 138 Å². The standard InChI is InChI=1S/C14H16N4OS.BrH/c1-3-13-15-16-14-18(13)17-12(9-20-14)10-5-7-11(8-6-10)19-4-2;/h5-8H,3-4,9H2,1-2H3;1H/p-1. The van der Waals surface area contributed by atoms with Crippen molar-refractivity contribution in [3.05, 3.63) is 35.7 Å². The van der Waals surface area contributed by atoms with Crippen LogP contribution < -0.4 is 21.7 Å². The minimum atomic E-state index is 0. The third-order valence-corrected chi connectivity index (χ3v) is 3.98. The molecular weight excluding hydrogens is 352 g/mol. The molecule has 7 heteroatoms. The van der Waals surface area contributed by atoms with Crippen molar-refractivity contribution in [1.29, 1.82) is 0 Å². The molecule has 0 unspecified atom stereocenters. The number of hydrogen-bond acceptors (Lipinski definition) is 5. The minimum absolute atomic E-state index is 0. The van der Waals surface area contributed by atoms with Crippen molar-refractivity contribution in [1.82, 2.24) is 14.9 Å². The molecule has 112 valence electrons. The van der Waals surface area contributed by atoms with E-state index in [0.717, 1.165) is 40.2 Å². The highest BCUT2D eigenvalue weighted by Crippen LogP contribution is 2.24. The first-order valence-electron chi connectivity index (χ1n) is 6.70. The summed E-state index contributed by atoms with van der Waals surface area (Å²) in [5.74, 6) is 2.60. The van der Waals surface area contributed by atoms with Gasteiger partial charge in [-0.2, -0.15) is 9.78 Å². The van der Waals surface area contributed by atoms with Crippen molar-refractivity contribution in [2.45, 2.75) is 25.4 Å². The summed E-state index contributed by atoms with van der Waals surface area (Å²) >= 11 is 1.67. The fourth-order valence-electron chi connectivity index (χ4n) is 2.04. The zero-order chi connectivity index (χ0) is 13.9. The highest BCUT2D eigenvalue weighted by molar-refractivity contribution is 7.99. The molecule has 0 spiro atoms. The lowest BCUT2D eigenvalue weighted by Gasteiger charge is -2.14. The summed E-state index contributed by atoms with van der Waals surface area (Å²) in [6.45, 7) is 4.72. The fraction of sp³-hybridized carbons (Fsp3) is 0.357. The van der Waals surface area contributed by atoms with Crippen LogP contribution in [0.2, 0.25) is 0 Å². The molecule has 5 nitrogen and oxygen atoms in total. The first-order valence-corrected chi connectivity index (χ1v) is 7.68. The number of benzene rings is 1.